The highest BCUT2D eigenvalue weighted by molar-refractivity contribution is 5.95. The number of anilines is 2. The molecule has 8 heteroatoms. The van der Waals surface area contributed by atoms with Gasteiger partial charge in [0.1, 0.15) is 5.82 Å². The molecule has 7 nitrogen and oxygen atoms in total. The summed E-state index contributed by atoms with van der Waals surface area (Å²) < 4.78 is 15.8. The molecule has 0 radical (unpaired) electrons. The molecule has 3 aromatic rings. The van der Waals surface area contributed by atoms with Gasteiger partial charge in [-0.2, -0.15) is 0 Å². The highest BCUT2D eigenvalue weighted by Gasteiger charge is 2.44. The zero-order valence-electron chi connectivity index (χ0n) is 22.9. The minimum atomic E-state index is -0.472. The summed E-state index contributed by atoms with van der Waals surface area (Å²) in [5.74, 6) is -0.815. The van der Waals surface area contributed by atoms with Crippen molar-refractivity contribution in [2.24, 2.45) is 5.92 Å². The van der Waals surface area contributed by atoms with Crippen LogP contribution in [0, 0.1) is 11.7 Å². The normalized spacial score (nSPS) is 20.0. The summed E-state index contributed by atoms with van der Waals surface area (Å²) >= 11 is 0. The second-order valence-electron chi connectivity index (χ2n) is 11.3. The Hall–Kier alpha value is -3.78. The van der Waals surface area contributed by atoms with Crippen molar-refractivity contribution in [3.63, 3.8) is 0 Å². The Morgan fingerprint density at radius 3 is 2.49 bits per heavy atom. The number of halogens is 1. The van der Waals surface area contributed by atoms with E-state index in [1.54, 1.807) is 24.5 Å². The first-order valence-electron chi connectivity index (χ1n) is 13.7. The van der Waals surface area contributed by atoms with Crippen molar-refractivity contribution >= 4 is 23.2 Å². The summed E-state index contributed by atoms with van der Waals surface area (Å²) in [7, 11) is 2.31. The number of nitrogens with zero attached hydrogens (tertiary/aromatic N) is 3. The molecule has 2 heterocycles. The number of nitrogens with one attached hydrogen (secondary N) is 2. The van der Waals surface area contributed by atoms with Crippen LogP contribution in [0.5, 0.6) is 0 Å². The number of piperazine rings is 1. The summed E-state index contributed by atoms with van der Waals surface area (Å²) in [6, 6.07) is 16.6. The van der Waals surface area contributed by atoms with E-state index in [1.807, 2.05) is 36.4 Å². The monoisotopic (exact) mass is 530 g/mol. The van der Waals surface area contributed by atoms with E-state index in [4.69, 9.17) is 0 Å². The Labute approximate surface area is 229 Å². The topological polar surface area (TPSA) is 74.3 Å². The summed E-state index contributed by atoms with van der Waals surface area (Å²) in [4.78, 5) is 31.8. The van der Waals surface area contributed by atoms with Crippen molar-refractivity contribution in [2.75, 3.05) is 43.4 Å². The van der Waals surface area contributed by atoms with Gasteiger partial charge in [-0.3, -0.25) is 14.6 Å². The number of hydrogen-bond acceptors (Lipinski definition) is 4. The van der Waals surface area contributed by atoms with Crippen LogP contribution in [0.15, 0.2) is 67.0 Å². The maximum atomic E-state index is 14.8. The average Bonchev–Trinajstić information content (AvgIpc) is 3.75. The van der Waals surface area contributed by atoms with Crippen LogP contribution in [0.3, 0.4) is 0 Å². The number of aromatic nitrogens is 1. The van der Waals surface area contributed by atoms with Crippen molar-refractivity contribution in [2.45, 2.75) is 38.8 Å². The predicted molar refractivity (Wildman–Crippen MR) is 151 cm³/mol. The largest absolute Gasteiger partial charge is 0.360 e. The highest BCUT2D eigenvalue weighted by atomic mass is 19.1. The first kappa shape index (κ1) is 26.8. The lowest BCUT2D eigenvalue weighted by molar-refractivity contribution is -0.930. The number of likely N-dealkylation sites (N-methyl/N-ethyl adjacent to an activating group) is 1. The van der Waals surface area contributed by atoms with E-state index in [1.165, 1.54) is 6.07 Å². The first-order chi connectivity index (χ1) is 18.7. The van der Waals surface area contributed by atoms with Gasteiger partial charge in [0.05, 0.1) is 39.3 Å². The summed E-state index contributed by atoms with van der Waals surface area (Å²) in [5.41, 5.74) is 3.46. The Morgan fingerprint density at radius 1 is 1.10 bits per heavy atom. The third-order valence-electron chi connectivity index (χ3n) is 8.50. The molecule has 0 unspecified atom stereocenters. The molecular weight excluding hydrogens is 493 g/mol. The van der Waals surface area contributed by atoms with E-state index < -0.39 is 5.82 Å². The standard InChI is InChI=1S/C31H36FN5O2/c1-21(2)37(3)15-13-36(14-16-37)26-10-7-22(8-11-26)30(38)34-20-24-6-9-25(17-29(24)32)35-31(39)28-18-27(28)23-5-4-12-33-19-23/h4-12,17,19,21,27-28H,13-16,18,20H2,1-3H3,(H-,34,35,38,39)/p+1/t27-,28+/m1/s1. The molecular formula is C31H37FN5O2+. The number of quaternary nitrogens is 1. The fourth-order valence-electron chi connectivity index (χ4n) is 5.25. The quantitative estimate of drug-likeness (QED) is 0.419. The molecule has 2 atom stereocenters. The van der Waals surface area contributed by atoms with Crippen LogP contribution in [0.2, 0.25) is 0 Å². The lowest BCUT2D eigenvalue weighted by Gasteiger charge is -2.45. The zero-order chi connectivity index (χ0) is 27.6. The molecule has 1 saturated carbocycles. The van der Waals surface area contributed by atoms with E-state index in [2.05, 4.69) is 41.4 Å². The van der Waals surface area contributed by atoms with Crippen molar-refractivity contribution in [1.29, 1.82) is 0 Å². The van der Waals surface area contributed by atoms with E-state index in [-0.39, 0.29) is 30.2 Å². The molecule has 1 aliphatic carbocycles. The van der Waals surface area contributed by atoms with Crippen LogP contribution in [0.25, 0.3) is 0 Å². The van der Waals surface area contributed by atoms with Crippen LogP contribution in [0.1, 0.15) is 47.7 Å². The summed E-state index contributed by atoms with van der Waals surface area (Å²) in [6.07, 6.45) is 4.26. The molecule has 2 fully saturated rings. The number of rotatable bonds is 8. The Balaban J connectivity index is 1.11. The van der Waals surface area contributed by atoms with E-state index in [0.29, 0.717) is 22.9 Å². The second-order valence-corrected chi connectivity index (χ2v) is 11.3. The maximum absolute atomic E-state index is 14.8. The highest BCUT2D eigenvalue weighted by Crippen LogP contribution is 2.47. The Kier molecular flexibility index (Phi) is 7.66. The van der Waals surface area contributed by atoms with Crippen LogP contribution >= 0.6 is 0 Å². The van der Waals surface area contributed by atoms with E-state index in [9.17, 15) is 14.0 Å². The van der Waals surface area contributed by atoms with Crippen LogP contribution in [0.4, 0.5) is 15.8 Å². The molecule has 39 heavy (non-hydrogen) atoms. The second kappa shape index (κ2) is 11.1. The smallest absolute Gasteiger partial charge is 0.251 e. The predicted octanol–water partition coefficient (Wildman–Crippen LogP) is 4.57. The first-order valence-corrected chi connectivity index (χ1v) is 13.7. The molecule has 2 aromatic carbocycles. The van der Waals surface area contributed by atoms with Crippen molar-refractivity contribution in [3.8, 4) is 0 Å². The molecule has 0 spiro atoms. The minimum absolute atomic E-state index is 0.0597. The maximum Gasteiger partial charge on any atom is 0.251 e. The lowest BCUT2D eigenvalue weighted by atomic mass is 10.1. The minimum Gasteiger partial charge on any atom is -0.360 e. The van der Waals surface area contributed by atoms with Gasteiger partial charge in [-0.1, -0.05) is 12.1 Å². The molecule has 204 valence electrons. The van der Waals surface area contributed by atoms with Gasteiger partial charge in [-0.25, -0.2) is 4.39 Å². The zero-order valence-corrected chi connectivity index (χ0v) is 22.9. The van der Waals surface area contributed by atoms with Gasteiger partial charge in [0.25, 0.3) is 5.91 Å². The molecule has 5 rings (SSSR count). The molecule has 2 aliphatic rings. The third kappa shape index (κ3) is 6.11. The average molecular weight is 531 g/mol. The fraction of sp³-hybridized carbons (Fsp3) is 0.387. The van der Waals surface area contributed by atoms with E-state index >= 15 is 0 Å². The number of pyridine rings is 1. The summed E-state index contributed by atoms with van der Waals surface area (Å²) in [6.45, 7) is 8.78. The van der Waals surface area contributed by atoms with Crippen molar-refractivity contribution in [3.05, 3.63) is 89.5 Å². The third-order valence-corrected chi connectivity index (χ3v) is 8.50. The van der Waals surface area contributed by atoms with Gasteiger partial charge >= 0.3 is 0 Å². The Bertz CT molecular complexity index is 1320. The molecule has 2 amide bonds. The van der Waals surface area contributed by atoms with Gasteiger partial charge in [0.15, 0.2) is 0 Å². The number of hydrogen-bond donors (Lipinski definition) is 2. The van der Waals surface area contributed by atoms with Crippen LogP contribution in [-0.2, 0) is 11.3 Å². The van der Waals surface area contributed by atoms with Gasteiger partial charge in [-0.05, 0) is 74.2 Å². The lowest BCUT2D eigenvalue weighted by Crippen LogP contribution is -2.60. The van der Waals surface area contributed by atoms with E-state index in [0.717, 1.165) is 48.3 Å². The molecule has 0 bridgehead atoms. The SMILES string of the molecule is CC(C)[N+]1(C)CCN(c2ccc(C(=O)NCc3ccc(NC(=O)[C@H]4C[C@@H]4c4cccnc4)cc3F)cc2)CC1. The van der Waals surface area contributed by atoms with Gasteiger partial charge in [0, 0.05) is 47.4 Å². The number of carbonyl (C=O) groups excluding carboxylic acids is 2. The molecule has 1 aromatic heterocycles. The van der Waals surface area contributed by atoms with Crippen LogP contribution in [-0.4, -0.2) is 60.5 Å². The fourth-order valence-corrected chi connectivity index (χ4v) is 5.25. The number of amides is 2. The number of carbonyl (C=O) groups is 2. The van der Waals surface area contributed by atoms with Gasteiger partial charge < -0.3 is 20.0 Å². The van der Waals surface area contributed by atoms with Gasteiger partial charge in [0.2, 0.25) is 5.91 Å². The Morgan fingerprint density at radius 2 is 1.85 bits per heavy atom. The summed E-state index contributed by atoms with van der Waals surface area (Å²) in [5, 5.41) is 5.62. The molecule has 1 aliphatic heterocycles. The molecule has 1 saturated heterocycles. The van der Waals surface area contributed by atoms with Crippen molar-refractivity contribution < 1.29 is 18.5 Å². The number of benzene rings is 2. The van der Waals surface area contributed by atoms with Crippen molar-refractivity contribution in [1.82, 2.24) is 10.3 Å². The van der Waals surface area contributed by atoms with Gasteiger partial charge in [-0.15, -0.1) is 0 Å². The van der Waals surface area contributed by atoms with Crippen LogP contribution < -0.4 is 15.5 Å². The molecule has 2 N–H and O–H groups in total.